The van der Waals surface area contributed by atoms with Crippen molar-refractivity contribution >= 4 is 17.8 Å². The maximum atomic E-state index is 6.08. The Balaban J connectivity index is 1.88. The van der Waals surface area contributed by atoms with Crippen LogP contribution in [0.5, 0.6) is 11.5 Å². The van der Waals surface area contributed by atoms with Gasteiger partial charge in [-0.15, -0.1) is 0 Å². The van der Waals surface area contributed by atoms with Gasteiger partial charge in [-0.1, -0.05) is 17.8 Å². The van der Waals surface area contributed by atoms with Crippen molar-refractivity contribution in [2.45, 2.75) is 36.2 Å². The number of hydrogen-bond donors (Lipinski definition) is 0. The normalized spacial score (nSPS) is 15.5. The van der Waals surface area contributed by atoms with Gasteiger partial charge in [-0.2, -0.15) is 0 Å². The van der Waals surface area contributed by atoms with Gasteiger partial charge < -0.3 is 9.47 Å². The van der Waals surface area contributed by atoms with E-state index in [1.54, 1.807) is 18.9 Å². The van der Waals surface area contributed by atoms with Gasteiger partial charge in [0.1, 0.15) is 17.1 Å². The van der Waals surface area contributed by atoms with E-state index in [1.807, 2.05) is 18.2 Å². The summed E-state index contributed by atoms with van der Waals surface area (Å²) in [6, 6.07) is 14.4. The Morgan fingerprint density at radius 3 is 2.59 bits per heavy atom. The Kier molecular flexibility index (Phi) is 3.92. The van der Waals surface area contributed by atoms with E-state index in [4.69, 9.17) is 9.47 Å². The van der Waals surface area contributed by atoms with Crippen molar-refractivity contribution in [1.29, 1.82) is 0 Å². The van der Waals surface area contributed by atoms with Gasteiger partial charge in [0.15, 0.2) is 0 Å². The van der Waals surface area contributed by atoms with Gasteiger partial charge in [0.25, 0.3) is 0 Å². The third-order valence-electron chi connectivity index (χ3n) is 3.94. The summed E-state index contributed by atoms with van der Waals surface area (Å²) < 4.78 is 11.4. The molecule has 0 N–H and O–H groups in total. The van der Waals surface area contributed by atoms with E-state index < -0.39 is 0 Å². The minimum atomic E-state index is -0.228. The van der Waals surface area contributed by atoms with E-state index in [0.29, 0.717) is 0 Å². The molecule has 0 radical (unpaired) electrons. The molecule has 0 saturated carbocycles. The van der Waals surface area contributed by atoms with Crippen LogP contribution in [0.4, 0.5) is 0 Å². The Morgan fingerprint density at radius 2 is 1.82 bits per heavy atom. The topological polar surface area (TPSA) is 18.5 Å². The molecule has 0 bridgehead atoms. The smallest absolute Gasteiger partial charge is 0.127 e. The summed E-state index contributed by atoms with van der Waals surface area (Å²) >= 11 is 1.73. The minimum absolute atomic E-state index is 0.228. The third kappa shape index (κ3) is 3.00. The summed E-state index contributed by atoms with van der Waals surface area (Å²) in [5, 5.41) is 0. The standard InChI is InChI=1S/C19H20O2S/c1-13-10-14-11-17(8-9-18(14)21-19(13,2)3)22-16-7-5-6-15(12-16)20-4/h5-12H,1-4H3. The van der Waals surface area contributed by atoms with Crippen LogP contribution in [0.1, 0.15) is 26.3 Å². The maximum absolute atomic E-state index is 6.08. The van der Waals surface area contributed by atoms with Crippen molar-refractivity contribution in [2.24, 2.45) is 0 Å². The number of methoxy groups -OCH3 is 1. The third-order valence-corrected chi connectivity index (χ3v) is 4.92. The second kappa shape index (κ2) is 5.73. The fourth-order valence-corrected chi connectivity index (χ4v) is 3.27. The fourth-order valence-electron chi connectivity index (χ4n) is 2.36. The monoisotopic (exact) mass is 312 g/mol. The maximum Gasteiger partial charge on any atom is 0.127 e. The highest BCUT2D eigenvalue weighted by Gasteiger charge is 2.27. The highest BCUT2D eigenvalue weighted by molar-refractivity contribution is 7.99. The molecule has 0 saturated heterocycles. The van der Waals surface area contributed by atoms with Crippen LogP contribution in [0.3, 0.4) is 0 Å². The molecule has 22 heavy (non-hydrogen) atoms. The Labute approximate surface area is 136 Å². The van der Waals surface area contributed by atoms with Crippen molar-refractivity contribution in [3.05, 3.63) is 53.6 Å². The average molecular weight is 312 g/mol. The van der Waals surface area contributed by atoms with Gasteiger partial charge in [0.05, 0.1) is 7.11 Å². The molecule has 1 aliphatic heterocycles. The lowest BCUT2D eigenvalue weighted by atomic mass is 9.94. The van der Waals surface area contributed by atoms with E-state index in [1.165, 1.54) is 10.5 Å². The van der Waals surface area contributed by atoms with Gasteiger partial charge in [0.2, 0.25) is 0 Å². The molecular weight excluding hydrogens is 292 g/mol. The van der Waals surface area contributed by atoms with Crippen LogP contribution >= 0.6 is 11.8 Å². The lowest BCUT2D eigenvalue weighted by molar-refractivity contribution is 0.145. The van der Waals surface area contributed by atoms with Crippen LogP contribution < -0.4 is 9.47 Å². The number of benzene rings is 2. The number of fused-ring (bicyclic) bond motifs is 1. The van der Waals surface area contributed by atoms with Gasteiger partial charge in [-0.25, -0.2) is 0 Å². The van der Waals surface area contributed by atoms with Crippen molar-refractivity contribution in [3.63, 3.8) is 0 Å². The molecule has 0 atom stereocenters. The molecule has 0 spiro atoms. The summed E-state index contributed by atoms with van der Waals surface area (Å²) in [5.41, 5.74) is 2.15. The van der Waals surface area contributed by atoms with E-state index in [2.05, 4.69) is 51.1 Å². The van der Waals surface area contributed by atoms with Crippen LogP contribution in [-0.4, -0.2) is 12.7 Å². The first-order valence-electron chi connectivity index (χ1n) is 7.32. The zero-order valence-corrected chi connectivity index (χ0v) is 14.2. The SMILES string of the molecule is COc1cccc(Sc2ccc3c(c2)C=C(C)C(C)(C)O3)c1. The molecule has 114 valence electrons. The minimum Gasteiger partial charge on any atom is -0.497 e. The predicted molar refractivity (Wildman–Crippen MR) is 91.9 cm³/mol. The van der Waals surface area contributed by atoms with Crippen molar-refractivity contribution in [2.75, 3.05) is 7.11 Å². The van der Waals surface area contributed by atoms with Gasteiger partial charge in [0, 0.05) is 15.4 Å². The summed E-state index contributed by atoms with van der Waals surface area (Å²) in [6.45, 7) is 6.31. The molecule has 0 unspecified atom stereocenters. The highest BCUT2D eigenvalue weighted by atomic mass is 32.2. The van der Waals surface area contributed by atoms with E-state index in [-0.39, 0.29) is 5.60 Å². The van der Waals surface area contributed by atoms with E-state index in [0.717, 1.165) is 22.0 Å². The molecule has 0 amide bonds. The molecule has 3 heteroatoms. The Hall–Kier alpha value is -1.87. The number of hydrogen-bond acceptors (Lipinski definition) is 3. The first kappa shape index (κ1) is 15.0. The second-order valence-electron chi connectivity index (χ2n) is 5.92. The van der Waals surface area contributed by atoms with Gasteiger partial charge in [-0.05, 0) is 68.8 Å². The summed E-state index contributed by atoms with van der Waals surface area (Å²) in [7, 11) is 1.69. The van der Waals surface area contributed by atoms with Gasteiger partial charge >= 0.3 is 0 Å². The number of rotatable bonds is 3. The summed E-state index contributed by atoms with van der Waals surface area (Å²) in [5.74, 6) is 1.83. The molecule has 1 heterocycles. The lowest BCUT2D eigenvalue weighted by Gasteiger charge is -2.32. The molecule has 2 nitrogen and oxygen atoms in total. The van der Waals surface area contributed by atoms with Crippen LogP contribution in [0, 0.1) is 0 Å². The zero-order valence-electron chi connectivity index (χ0n) is 13.3. The first-order valence-corrected chi connectivity index (χ1v) is 8.13. The summed E-state index contributed by atoms with van der Waals surface area (Å²) in [6.07, 6.45) is 2.22. The number of ether oxygens (including phenoxy) is 2. The van der Waals surface area contributed by atoms with Crippen LogP contribution in [0.25, 0.3) is 6.08 Å². The molecule has 0 aromatic heterocycles. The molecule has 0 fully saturated rings. The quantitative estimate of drug-likeness (QED) is 0.754. The van der Waals surface area contributed by atoms with Crippen LogP contribution in [0.2, 0.25) is 0 Å². The Bertz CT molecular complexity index is 732. The van der Waals surface area contributed by atoms with Gasteiger partial charge in [-0.3, -0.25) is 0 Å². The molecule has 0 aliphatic carbocycles. The zero-order chi connectivity index (χ0) is 15.7. The van der Waals surface area contributed by atoms with Crippen molar-refractivity contribution in [3.8, 4) is 11.5 Å². The fraction of sp³-hybridized carbons (Fsp3) is 0.263. The highest BCUT2D eigenvalue weighted by Crippen LogP contribution is 2.39. The lowest BCUT2D eigenvalue weighted by Crippen LogP contribution is -2.31. The first-order chi connectivity index (χ1) is 10.5. The average Bonchev–Trinajstić information content (AvgIpc) is 2.49. The summed E-state index contributed by atoms with van der Waals surface area (Å²) in [4.78, 5) is 2.36. The largest absolute Gasteiger partial charge is 0.497 e. The molecule has 2 aromatic rings. The molecule has 2 aromatic carbocycles. The van der Waals surface area contributed by atoms with E-state index in [9.17, 15) is 0 Å². The Morgan fingerprint density at radius 1 is 1.05 bits per heavy atom. The van der Waals surface area contributed by atoms with Crippen LogP contribution in [0.15, 0.2) is 57.8 Å². The van der Waals surface area contributed by atoms with Crippen molar-refractivity contribution < 1.29 is 9.47 Å². The predicted octanol–water partition coefficient (Wildman–Crippen LogP) is 5.42. The van der Waals surface area contributed by atoms with Crippen LogP contribution in [-0.2, 0) is 0 Å². The molecule has 3 rings (SSSR count). The van der Waals surface area contributed by atoms with Crippen molar-refractivity contribution in [1.82, 2.24) is 0 Å². The molecular formula is C19H20O2S. The second-order valence-corrected chi connectivity index (χ2v) is 7.07. The molecule has 1 aliphatic rings. The van der Waals surface area contributed by atoms with E-state index >= 15 is 0 Å².